The molecular weight excluding hydrogens is 394 g/mol. The van der Waals surface area contributed by atoms with E-state index in [1.807, 2.05) is 24.3 Å². The number of hydrogen-bond donors (Lipinski definition) is 1. The normalized spacial score (nSPS) is 15.0. The van der Waals surface area contributed by atoms with Crippen molar-refractivity contribution in [2.75, 3.05) is 11.1 Å². The van der Waals surface area contributed by atoms with Crippen LogP contribution in [0.4, 0.5) is 11.6 Å². The van der Waals surface area contributed by atoms with Crippen LogP contribution in [0.2, 0.25) is 0 Å². The highest BCUT2D eigenvalue weighted by Gasteiger charge is 2.23. The van der Waals surface area contributed by atoms with Crippen LogP contribution in [0.15, 0.2) is 64.7 Å². The summed E-state index contributed by atoms with van der Waals surface area (Å²) in [5.41, 5.74) is 2.14. The minimum atomic E-state index is -0.601. The van der Waals surface area contributed by atoms with Crippen LogP contribution in [0, 0.1) is 10.1 Å². The molecule has 3 aromatic rings. The second kappa shape index (κ2) is 8.15. The molecule has 29 heavy (non-hydrogen) atoms. The number of nitrogens with zero attached hydrogens (tertiary/aromatic N) is 4. The van der Waals surface area contributed by atoms with Crippen LogP contribution < -0.4 is 10.1 Å². The SMILES string of the molecule is C=CCSc1nnc2c(n1)O[C@H](/C=C/c1ccc([N+](=O)[O-])o1)Nc1ccccc1-2. The summed E-state index contributed by atoms with van der Waals surface area (Å²) in [5.74, 6) is 0.999. The monoisotopic (exact) mass is 409 g/mol. The molecule has 3 heterocycles. The van der Waals surface area contributed by atoms with Crippen molar-refractivity contribution in [2.24, 2.45) is 0 Å². The average Bonchev–Trinajstić information content (AvgIpc) is 3.14. The van der Waals surface area contributed by atoms with Gasteiger partial charge in [0.25, 0.3) is 0 Å². The molecule has 146 valence electrons. The number of benzene rings is 1. The number of para-hydroxylation sites is 1. The van der Waals surface area contributed by atoms with Gasteiger partial charge in [0.2, 0.25) is 11.0 Å². The Bertz CT molecular complexity index is 1100. The third-order valence-electron chi connectivity index (χ3n) is 3.91. The van der Waals surface area contributed by atoms with Crippen molar-refractivity contribution >= 4 is 29.4 Å². The van der Waals surface area contributed by atoms with Crippen LogP contribution in [0.25, 0.3) is 17.3 Å². The number of nitro groups is 1. The fraction of sp³-hybridized carbons (Fsp3) is 0.105. The highest BCUT2D eigenvalue weighted by molar-refractivity contribution is 7.99. The second-order valence-corrected chi connectivity index (χ2v) is 6.86. The Morgan fingerprint density at radius 1 is 1.28 bits per heavy atom. The predicted molar refractivity (Wildman–Crippen MR) is 109 cm³/mol. The van der Waals surface area contributed by atoms with Crippen LogP contribution in [0.1, 0.15) is 5.76 Å². The maximum Gasteiger partial charge on any atom is 0.433 e. The minimum Gasteiger partial charge on any atom is -0.448 e. The van der Waals surface area contributed by atoms with Crippen LogP contribution in [-0.4, -0.2) is 32.1 Å². The Kier molecular flexibility index (Phi) is 5.25. The molecule has 0 unspecified atom stereocenters. The van der Waals surface area contributed by atoms with Gasteiger partial charge in [-0.15, -0.1) is 16.8 Å². The Balaban J connectivity index is 1.66. The van der Waals surface area contributed by atoms with E-state index < -0.39 is 11.2 Å². The molecule has 0 amide bonds. The fourth-order valence-electron chi connectivity index (χ4n) is 2.66. The zero-order valence-electron chi connectivity index (χ0n) is 15.0. The number of fused-ring (bicyclic) bond motifs is 3. The van der Waals surface area contributed by atoms with Gasteiger partial charge >= 0.3 is 5.88 Å². The largest absolute Gasteiger partial charge is 0.448 e. The van der Waals surface area contributed by atoms with Gasteiger partial charge in [-0.2, -0.15) is 4.98 Å². The summed E-state index contributed by atoms with van der Waals surface area (Å²) in [6, 6.07) is 10.4. The number of hydrogen-bond acceptors (Lipinski definition) is 9. The van der Waals surface area contributed by atoms with E-state index in [-0.39, 0.29) is 5.88 Å². The summed E-state index contributed by atoms with van der Waals surface area (Å²) in [6.45, 7) is 3.69. The van der Waals surface area contributed by atoms with Crippen LogP contribution in [0.5, 0.6) is 5.88 Å². The van der Waals surface area contributed by atoms with Gasteiger partial charge in [0.05, 0.1) is 6.07 Å². The molecule has 1 aliphatic rings. The maximum atomic E-state index is 10.8. The van der Waals surface area contributed by atoms with Gasteiger partial charge in [0, 0.05) is 17.0 Å². The molecule has 1 N–H and O–H groups in total. The van der Waals surface area contributed by atoms with E-state index in [0.29, 0.717) is 28.2 Å². The van der Waals surface area contributed by atoms with Gasteiger partial charge in [0.15, 0.2) is 11.9 Å². The Hall–Kier alpha value is -3.66. The molecular formula is C19H15N5O4S. The number of ether oxygens (including phenoxy) is 1. The zero-order chi connectivity index (χ0) is 20.2. The highest BCUT2D eigenvalue weighted by Crippen LogP contribution is 2.36. The third-order valence-corrected chi connectivity index (χ3v) is 4.75. The first kappa shape index (κ1) is 18.7. The van der Waals surface area contributed by atoms with Crippen molar-refractivity contribution in [3.8, 4) is 17.1 Å². The number of nitrogens with one attached hydrogen (secondary N) is 1. The lowest BCUT2D eigenvalue weighted by molar-refractivity contribution is -0.402. The molecule has 10 heteroatoms. The van der Waals surface area contributed by atoms with Gasteiger partial charge in [0.1, 0.15) is 10.7 Å². The van der Waals surface area contributed by atoms with E-state index in [0.717, 1.165) is 11.3 Å². The second-order valence-electron chi connectivity index (χ2n) is 5.87. The Morgan fingerprint density at radius 3 is 2.93 bits per heavy atom. The van der Waals surface area contributed by atoms with Crippen LogP contribution >= 0.6 is 11.8 Å². The Morgan fingerprint density at radius 2 is 2.14 bits per heavy atom. The Labute approximate surface area is 169 Å². The van der Waals surface area contributed by atoms with Crippen molar-refractivity contribution in [2.45, 2.75) is 11.4 Å². The minimum absolute atomic E-state index is 0.323. The summed E-state index contributed by atoms with van der Waals surface area (Å²) >= 11 is 1.40. The summed E-state index contributed by atoms with van der Waals surface area (Å²) in [5, 5.41) is 23.0. The fourth-order valence-corrected chi connectivity index (χ4v) is 3.17. The molecule has 0 saturated heterocycles. The lowest BCUT2D eigenvalue weighted by Crippen LogP contribution is -2.23. The topological polar surface area (TPSA) is 116 Å². The number of rotatable bonds is 6. The quantitative estimate of drug-likeness (QED) is 0.277. The molecule has 1 aliphatic heterocycles. The van der Waals surface area contributed by atoms with Gasteiger partial charge < -0.3 is 14.5 Å². The summed E-state index contributed by atoms with van der Waals surface area (Å²) < 4.78 is 11.2. The molecule has 0 radical (unpaired) electrons. The van der Waals surface area contributed by atoms with E-state index in [1.165, 1.54) is 23.9 Å². The number of furan rings is 1. The number of thioether (sulfide) groups is 1. The van der Waals surface area contributed by atoms with E-state index in [1.54, 1.807) is 18.2 Å². The summed E-state index contributed by atoms with van der Waals surface area (Å²) in [7, 11) is 0. The van der Waals surface area contributed by atoms with E-state index >= 15 is 0 Å². The molecule has 1 aromatic carbocycles. The molecule has 4 rings (SSSR count). The first-order valence-electron chi connectivity index (χ1n) is 8.57. The molecule has 2 aromatic heterocycles. The smallest absolute Gasteiger partial charge is 0.433 e. The third kappa shape index (κ3) is 4.11. The summed E-state index contributed by atoms with van der Waals surface area (Å²) in [6.07, 6.45) is 4.44. The summed E-state index contributed by atoms with van der Waals surface area (Å²) in [4.78, 5) is 14.7. The molecule has 1 atom stereocenters. The first-order valence-corrected chi connectivity index (χ1v) is 9.56. The van der Waals surface area contributed by atoms with Gasteiger partial charge in [-0.25, -0.2) is 0 Å². The van der Waals surface area contributed by atoms with E-state index in [9.17, 15) is 10.1 Å². The molecule has 0 aliphatic carbocycles. The van der Waals surface area contributed by atoms with Crippen molar-refractivity contribution in [3.05, 3.63) is 71.0 Å². The van der Waals surface area contributed by atoms with Crippen molar-refractivity contribution in [3.63, 3.8) is 0 Å². The standard InChI is InChI=1S/C19H15N5O4S/c1-2-11-29-19-21-18-17(22-23-19)13-5-3-4-6-14(13)20-15(28-18)9-7-12-8-10-16(27-12)24(25)26/h2-10,15,20H,1,11H2/b9-7+/t15-/m1/s1. The highest BCUT2D eigenvalue weighted by atomic mass is 32.2. The molecule has 0 spiro atoms. The average molecular weight is 409 g/mol. The molecule has 0 bridgehead atoms. The van der Waals surface area contributed by atoms with E-state index in [2.05, 4.69) is 27.1 Å². The molecule has 0 fully saturated rings. The van der Waals surface area contributed by atoms with Gasteiger partial charge in [-0.05, 0) is 24.3 Å². The first-order chi connectivity index (χ1) is 14.1. The van der Waals surface area contributed by atoms with E-state index in [4.69, 9.17) is 9.15 Å². The van der Waals surface area contributed by atoms with Crippen LogP contribution in [-0.2, 0) is 0 Å². The molecule has 9 nitrogen and oxygen atoms in total. The van der Waals surface area contributed by atoms with Crippen molar-refractivity contribution in [1.82, 2.24) is 15.2 Å². The zero-order valence-corrected chi connectivity index (χ0v) is 15.8. The van der Waals surface area contributed by atoms with Gasteiger partial charge in [-0.1, -0.05) is 36.0 Å². The maximum absolute atomic E-state index is 10.8. The number of aromatic nitrogens is 3. The van der Waals surface area contributed by atoms with Crippen molar-refractivity contribution < 1.29 is 14.1 Å². The van der Waals surface area contributed by atoms with Crippen molar-refractivity contribution in [1.29, 1.82) is 0 Å². The lowest BCUT2D eigenvalue weighted by atomic mass is 10.1. The van der Waals surface area contributed by atoms with Gasteiger partial charge in [-0.3, -0.25) is 10.1 Å². The predicted octanol–water partition coefficient (Wildman–Crippen LogP) is 4.16. The lowest BCUT2D eigenvalue weighted by Gasteiger charge is -2.15. The molecule has 0 saturated carbocycles. The number of anilines is 1. The van der Waals surface area contributed by atoms with Crippen LogP contribution in [0.3, 0.4) is 0 Å².